The van der Waals surface area contributed by atoms with Crippen molar-refractivity contribution in [2.24, 2.45) is 5.41 Å². The molecule has 2 heterocycles. The Morgan fingerprint density at radius 2 is 1.85 bits per heavy atom. The zero-order valence-corrected chi connectivity index (χ0v) is 17.6. The van der Waals surface area contributed by atoms with E-state index in [1.54, 1.807) is 0 Å². The Hall–Kier alpha value is -2.41. The van der Waals surface area contributed by atoms with Crippen molar-refractivity contribution in [2.45, 2.75) is 53.5 Å². The number of benzene rings is 1. The van der Waals surface area contributed by atoms with Crippen LogP contribution in [0.25, 0.3) is 16.8 Å². The topological polar surface area (TPSA) is 3.88 Å². The molecule has 2 atom stereocenters. The highest BCUT2D eigenvalue weighted by atomic mass is 15.0. The molecule has 1 nitrogen and oxygen atoms in total. The second kappa shape index (κ2) is 7.31. The minimum absolute atomic E-state index is 0.115. The third kappa shape index (κ3) is 3.56. The number of pyridine rings is 1. The van der Waals surface area contributed by atoms with Crippen LogP contribution in [0, 0.1) is 5.41 Å². The van der Waals surface area contributed by atoms with Gasteiger partial charge in [-0.2, -0.15) is 4.57 Å². The van der Waals surface area contributed by atoms with Gasteiger partial charge in [0.05, 0.1) is 5.56 Å². The minimum Gasteiger partial charge on any atom is -0.195 e. The predicted molar refractivity (Wildman–Crippen MR) is 117 cm³/mol. The second-order valence-electron chi connectivity index (χ2n) is 8.62. The Balaban J connectivity index is 2.15. The van der Waals surface area contributed by atoms with Crippen LogP contribution in [-0.4, -0.2) is 0 Å². The largest absolute Gasteiger partial charge is 0.213 e. The SMILES string of the molecule is C=C/C(=C\C(=C/C)C(C)(C)C)c1ccc2c(c1)-c1cccc[n+]1C(C)C2C. The van der Waals surface area contributed by atoms with Gasteiger partial charge in [-0.05, 0) is 53.7 Å². The molecule has 0 spiro atoms. The van der Waals surface area contributed by atoms with E-state index in [0.717, 1.165) is 0 Å². The molecule has 0 radical (unpaired) electrons. The molecule has 1 heteroatoms. The van der Waals surface area contributed by atoms with E-state index in [-0.39, 0.29) is 5.41 Å². The highest BCUT2D eigenvalue weighted by Gasteiger charge is 2.34. The highest BCUT2D eigenvalue weighted by molar-refractivity contribution is 5.79. The molecule has 27 heavy (non-hydrogen) atoms. The molecule has 1 aliphatic heterocycles. The maximum Gasteiger partial charge on any atom is 0.213 e. The molecule has 2 aromatic rings. The molecular formula is C26H32N+. The quantitative estimate of drug-likeness (QED) is 0.416. The van der Waals surface area contributed by atoms with Gasteiger partial charge in [0, 0.05) is 18.1 Å². The lowest BCUT2D eigenvalue weighted by Gasteiger charge is -2.26. The van der Waals surface area contributed by atoms with Crippen molar-refractivity contribution in [1.29, 1.82) is 0 Å². The van der Waals surface area contributed by atoms with Gasteiger partial charge >= 0.3 is 0 Å². The van der Waals surface area contributed by atoms with Crippen molar-refractivity contribution in [3.8, 4) is 11.3 Å². The van der Waals surface area contributed by atoms with Crippen LogP contribution in [0.2, 0.25) is 0 Å². The van der Waals surface area contributed by atoms with Crippen molar-refractivity contribution in [3.63, 3.8) is 0 Å². The Labute approximate surface area is 164 Å². The molecule has 1 aromatic carbocycles. The van der Waals surface area contributed by atoms with Crippen LogP contribution in [-0.2, 0) is 0 Å². The summed E-state index contributed by atoms with van der Waals surface area (Å²) in [6, 6.07) is 13.9. The van der Waals surface area contributed by atoms with Crippen LogP contribution in [0.15, 0.2) is 73.0 Å². The van der Waals surface area contributed by atoms with E-state index in [9.17, 15) is 0 Å². The molecular weight excluding hydrogens is 326 g/mol. The molecule has 0 saturated carbocycles. The van der Waals surface area contributed by atoms with Crippen LogP contribution in [0.5, 0.6) is 0 Å². The molecule has 2 unspecified atom stereocenters. The van der Waals surface area contributed by atoms with Crippen LogP contribution >= 0.6 is 0 Å². The first-order valence-corrected chi connectivity index (χ1v) is 9.93. The average Bonchev–Trinajstić information content (AvgIpc) is 2.65. The fraction of sp³-hybridized carbons (Fsp3) is 0.346. The van der Waals surface area contributed by atoms with E-state index in [1.165, 1.54) is 33.5 Å². The van der Waals surface area contributed by atoms with E-state index in [0.29, 0.717) is 12.0 Å². The maximum absolute atomic E-state index is 4.09. The summed E-state index contributed by atoms with van der Waals surface area (Å²) in [6.45, 7) is 17.6. The van der Waals surface area contributed by atoms with Crippen molar-refractivity contribution in [1.82, 2.24) is 0 Å². The average molecular weight is 359 g/mol. The van der Waals surface area contributed by atoms with E-state index in [1.807, 2.05) is 6.08 Å². The molecule has 3 rings (SSSR count). The molecule has 1 aromatic heterocycles. The smallest absolute Gasteiger partial charge is 0.195 e. The van der Waals surface area contributed by atoms with E-state index < -0.39 is 0 Å². The molecule has 0 bridgehead atoms. The van der Waals surface area contributed by atoms with Gasteiger partial charge in [-0.15, -0.1) is 0 Å². The summed E-state index contributed by atoms with van der Waals surface area (Å²) < 4.78 is 2.40. The third-order valence-electron chi connectivity index (χ3n) is 5.91. The fourth-order valence-corrected chi connectivity index (χ4v) is 4.06. The Morgan fingerprint density at radius 3 is 2.48 bits per heavy atom. The van der Waals surface area contributed by atoms with E-state index in [2.05, 4.69) is 107 Å². The first kappa shape index (κ1) is 19.4. The van der Waals surface area contributed by atoms with Gasteiger partial charge < -0.3 is 0 Å². The molecule has 0 aliphatic carbocycles. The first-order chi connectivity index (χ1) is 12.8. The predicted octanol–water partition coefficient (Wildman–Crippen LogP) is 6.88. The van der Waals surface area contributed by atoms with E-state index in [4.69, 9.17) is 0 Å². The van der Waals surface area contributed by atoms with Gasteiger partial charge in [0.15, 0.2) is 12.2 Å². The van der Waals surface area contributed by atoms with Gasteiger partial charge in [-0.3, -0.25) is 0 Å². The summed E-state index contributed by atoms with van der Waals surface area (Å²) in [6.07, 6.45) is 8.66. The number of fused-ring (bicyclic) bond motifs is 3. The van der Waals surface area contributed by atoms with Gasteiger partial charge in [-0.1, -0.05) is 64.6 Å². The number of aromatic nitrogens is 1. The number of allylic oxidation sites excluding steroid dienone is 5. The van der Waals surface area contributed by atoms with Crippen molar-refractivity contribution >= 4 is 5.57 Å². The van der Waals surface area contributed by atoms with Crippen LogP contribution in [0.1, 0.15) is 64.6 Å². The number of hydrogen-bond donors (Lipinski definition) is 0. The first-order valence-electron chi connectivity index (χ1n) is 9.93. The lowest BCUT2D eigenvalue weighted by Crippen LogP contribution is -2.45. The Morgan fingerprint density at radius 1 is 1.11 bits per heavy atom. The molecule has 0 fully saturated rings. The van der Waals surface area contributed by atoms with Crippen LogP contribution in [0.3, 0.4) is 0 Å². The number of nitrogens with zero attached hydrogens (tertiary/aromatic N) is 1. The number of hydrogen-bond acceptors (Lipinski definition) is 0. The summed E-state index contributed by atoms with van der Waals surface area (Å²) in [5, 5.41) is 0. The normalized spacial score (nSPS) is 20.1. The van der Waals surface area contributed by atoms with Gasteiger partial charge in [0.2, 0.25) is 5.69 Å². The maximum atomic E-state index is 4.09. The molecule has 140 valence electrons. The lowest BCUT2D eigenvalue weighted by atomic mass is 9.82. The second-order valence-corrected chi connectivity index (χ2v) is 8.62. The Kier molecular flexibility index (Phi) is 5.24. The van der Waals surface area contributed by atoms with E-state index >= 15 is 0 Å². The van der Waals surface area contributed by atoms with Gasteiger partial charge in [-0.25, -0.2) is 0 Å². The zero-order valence-electron chi connectivity index (χ0n) is 17.6. The summed E-state index contributed by atoms with van der Waals surface area (Å²) in [5.74, 6) is 0.491. The standard InChI is InChI=1S/C26H32N/c1-8-20(16-22(9-2)26(5,6)7)21-13-14-23-18(3)19(4)27-15-11-10-12-25(27)24(23)17-21/h8-19H,1H2,2-7H3/q+1/b20-16+,22-9+. The van der Waals surface area contributed by atoms with Gasteiger partial charge in [0.1, 0.15) is 0 Å². The summed E-state index contributed by atoms with van der Waals surface area (Å²) in [5.41, 5.74) is 7.91. The monoisotopic (exact) mass is 358 g/mol. The zero-order chi connectivity index (χ0) is 19.8. The van der Waals surface area contributed by atoms with Crippen LogP contribution < -0.4 is 4.57 Å². The molecule has 0 amide bonds. The molecule has 1 aliphatic rings. The lowest BCUT2D eigenvalue weighted by molar-refractivity contribution is -0.714. The van der Waals surface area contributed by atoms with Crippen molar-refractivity contribution in [3.05, 3.63) is 84.1 Å². The Bertz CT molecular complexity index is 921. The summed E-state index contributed by atoms with van der Waals surface area (Å²) in [4.78, 5) is 0. The fourth-order valence-electron chi connectivity index (χ4n) is 4.06. The molecule has 0 N–H and O–H groups in total. The van der Waals surface area contributed by atoms with Crippen molar-refractivity contribution < 1.29 is 4.57 Å². The van der Waals surface area contributed by atoms with Gasteiger partial charge in [0.25, 0.3) is 0 Å². The summed E-state index contributed by atoms with van der Waals surface area (Å²) in [7, 11) is 0. The van der Waals surface area contributed by atoms with Crippen molar-refractivity contribution in [2.75, 3.05) is 0 Å². The number of rotatable bonds is 3. The minimum atomic E-state index is 0.115. The highest BCUT2D eigenvalue weighted by Crippen LogP contribution is 2.39. The summed E-state index contributed by atoms with van der Waals surface area (Å²) >= 11 is 0. The van der Waals surface area contributed by atoms with Crippen LogP contribution in [0.4, 0.5) is 0 Å². The molecule has 0 saturated heterocycles. The third-order valence-corrected chi connectivity index (χ3v) is 5.91.